The standard InChI is InChI=1S/C24H22N2O5/c1-3-7-20(27)31-24(4-2)17-11-19-21-15(10-14-8-5-6-9-18(14)25-21)12-26(19)22(28)16(17)13-30-23(24)29/h5-6,8-11H,3-4,7,12-13H2,1-2H3. The second-order valence-electron chi connectivity index (χ2n) is 7.98. The lowest BCUT2D eigenvalue weighted by atomic mass is 9.85. The van der Waals surface area contributed by atoms with E-state index in [0.717, 1.165) is 16.5 Å². The summed E-state index contributed by atoms with van der Waals surface area (Å²) in [7, 11) is 0. The average Bonchev–Trinajstić information content (AvgIpc) is 3.12. The molecular weight excluding hydrogens is 396 g/mol. The van der Waals surface area contributed by atoms with Crippen LogP contribution >= 0.6 is 0 Å². The lowest BCUT2D eigenvalue weighted by Crippen LogP contribution is -2.47. The monoisotopic (exact) mass is 418 g/mol. The highest BCUT2D eigenvalue weighted by Crippen LogP contribution is 2.41. The molecule has 1 unspecified atom stereocenters. The molecule has 2 aliphatic rings. The first-order chi connectivity index (χ1) is 15.0. The number of carbonyl (C=O) groups excluding carboxylic acids is 2. The van der Waals surface area contributed by atoms with Gasteiger partial charge in [0.25, 0.3) is 5.56 Å². The van der Waals surface area contributed by atoms with E-state index in [-0.39, 0.29) is 25.0 Å². The number of esters is 2. The number of cyclic esters (lactones) is 1. The van der Waals surface area contributed by atoms with Crippen LogP contribution in [0.3, 0.4) is 0 Å². The minimum absolute atomic E-state index is 0.133. The van der Waals surface area contributed by atoms with Crippen molar-refractivity contribution in [1.29, 1.82) is 0 Å². The molecule has 0 amide bonds. The maximum absolute atomic E-state index is 13.4. The fraction of sp³-hybridized carbons (Fsp3) is 0.333. The highest BCUT2D eigenvalue weighted by atomic mass is 16.6. The van der Waals surface area contributed by atoms with Gasteiger partial charge in [-0.15, -0.1) is 0 Å². The van der Waals surface area contributed by atoms with Crippen LogP contribution in [0.15, 0.2) is 41.2 Å². The molecule has 2 aliphatic heterocycles. The van der Waals surface area contributed by atoms with Gasteiger partial charge in [-0.2, -0.15) is 0 Å². The molecule has 0 radical (unpaired) electrons. The van der Waals surface area contributed by atoms with Crippen LogP contribution in [0, 0.1) is 0 Å². The Balaban J connectivity index is 1.73. The van der Waals surface area contributed by atoms with E-state index in [1.807, 2.05) is 37.3 Å². The summed E-state index contributed by atoms with van der Waals surface area (Å²) in [5, 5.41) is 1.00. The molecular formula is C24H22N2O5. The number of hydrogen-bond acceptors (Lipinski definition) is 6. The van der Waals surface area contributed by atoms with Gasteiger partial charge >= 0.3 is 11.9 Å². The molecule has 0 saturated heterocycles. The lowest BCUT2D eigenvalue weighted by molar-refractivity contribution is -0.189. The zero-order valence-corrected chi connectivity index (χ0v) is 17.4. The summed E-state index contributed by atoms with van der Waals surface area (Å²) in [4.78, 5) is 43.4. The average molecular weight is 418 g/mol. The minimum Gasteiger partial charge on any atom is -0.457 e. The quantitative estimate of drug-likeness (QED) is 0.472. The highest BCUT2D eigenvalue weighted by Gasteiger charge is 2.50. The van der Waals surface area contributed by atoms with Gasteiger partial charge in [-0.1, -0.05) is 32.0 Å². The van der Waals surface area contributed by atoms with E-state index in [9.17, 15) is 14.4 Å². The van der Waals surface area contributed by atoms with Crippen molar-refractivity contribution in [3.05, 3.63) is 63.4 Å². The summed E-state index contributed by atoms with van der Waals surface area (Å²) in [6, 6.07) is 11.6. The molecule has 1 atom stereocenters. The Morgan fingerprint density at radius 1 is 1.23 bits per heavy atom. The molecule has 0 bridgehead atoms. The van der Waals surface area contributed by atoms with Gasteiger partial charge in [-0.25, -0.2) is 9.78 Å². The number of pyridine rings is 2. The molecule has 4 heterocycles. The number of hydrogen-bond donors (Lipinski definition) is 0. The van der Waals surface area contributed by atoms with E-state index >= 15 is 0 Å². The number of benzene rings is 1. The van der Waals surface area contributed by atoms with Crippen LogP contribution in [0.1, 0.15) is 49.8 Å². The maximum Gasteiger partial charge on any atom is 0.355 e. The van der Waals surface area contributed by atoms with Crippen LogP contribution in [0.25, 0.3) is 22.3 Å². The van der Waals surface area contributed by atoms with Gasteiger partial charge in [0.05, 0.1) is 29.0 Å². The van der Waals surface area contributed by atoms with Crippen LogP contribution in [-0.4, -0.2) is 21.5 Å². The Morgan fingerprint density at radius 2 is 2.03 bits per heavy atom. The summed E-state index contributed by atoms with van der Waals surface area (Å²) < 4.78 is 12.7. The van der Waals surface area contributed by atoms with Gasteiger partial charge < -0.3 is 14.0 Å². The molecule has 0 fully saturated rings. The van der Waals surface area contributed by atoms with E-state index in [2.05, 4.69) is 0 Å². The van der Waals surface area contributed by atoms with Gasteiger partial charge in [-0.3, -0.25) is 9.59 Å². The van der Waals surface area contributed by atoms with Crippen molar-refractivity contribution in [2.75, 3.05) is 0 Å². The molecule has 0 N–H and O–H groups in total. The number of ether oxygens (including phenoxy) is 2. The molecule has 0 aliphatic carbocycles. The first-order valence-corrected chi connectivity index (χ1v) is 10.5. The molecule has 5 rings (SSSR count). The predicted octanol–water partition coefficient (Wildman–Crippen LogP) is 3.43. The molecule has 7 nitrogen and oxygen atoms in total. The minimum atomic E-state index is -1.62. The third-order valence-electron chi connectivity index (χ3n) is 6.13. The number of nitrogens with zero attached hydrogens (tertiary/aromatic N) is 2. The van der Waals surface area contributed by atoms with Gasteiger partial charge in [0.1, 0.15) is 6.61 Å². The summed E-state index contributed by atoms with van der Waals surface area (Å²) in [5.74, 6) is -1.12. The molecule has 31 heavy (non-hydrogen) atoms. The maximum atomic E-state index is 13.4. The largest absolute Gasteiger partial charge is 0.457 e. The summed E-state index contributed by atoms with van der Waals surface area (Å²) in [5.41, 5.74) is 2.01. The highest BCUT2D eigenvalue weighted by molar-refractivity contribution is 5.88. The van der Waals surface area contributed by atoms with E-state index in [0.29, 0.717) is 35.5 Å². The first-order valence-electron chi connectivity index (χ1n) is 10.5. The number of para-hydroxylation sites is 1. The Kier molecular flexibility index (Phi) is 4.43. The normalized spacial score (nSPS) is 18.8. The zero-order chi connectivity index (χ0) is 21.8. The Morgan fingerprint density at radius 3 is 2.81 bits per heavy atom. The van der Waals surface area contributed by atoms with Crippen LogP contribution in [0.5, 0.6) is 0 Å². The SMILES string of the molecule is CCCC(=O)OC1(CC)C(=O)OCc2c1cc1n(c2=O)Cc2cc3ccccc3nc2-1. The summed E-state index contributed by atoms with van der Waals surface area (Å²) >= 11 is 0. The van der Waals surface area contributed by atoms with Crippen molar-refractivity contribution in [1.82, 2.24) is 9.55 Å². The first kappa shape index (κ1) is 19.5. The predicted molar refractivity (Wildman–Crippen MR) is 113 cm³/mol. The molecule has 1 aromatic carbocycles. The van der Waals surface area contributed by atoms with Crippen LogP contribution in [0.4, 0.5) is 0 Å². The van der Waals surface area contributed by atoms with Gasteiger partial charge in [0.2, 0.25) is 5.60 Å². The van der Waals surface area contributed by atoms with Crippen molar-refractivity contribution in [3.8, 4) is 11.4 Å². The van der Waals surface area contributed by atoms with Gasteiger partial charge in [0.15, 0.2) is 0 Å². The smallest absolute Gasteiger partial charge is 0.355 e. The molecule has 3 aromatic rings. The van der Waals surface area contributed by atoms with Crippen LogP contribution < -0.4 is 5.56 Å². The fourth-order valence-electron chi connectivity index (χ4n) is 4.53. The number of aromatic nitrogens is 2. The van der Waals surface area contributed by atoms with E-state index < -0.39 is 17.5 Å². The van der Waals surface area contributed by atoms with Gasteiger partial charge in [-0.05, 0) is 31.0 Å². The van der Waals surface area contributed by atoms with Crippen molar-refractivity contribution in [2.45, 2.75) is 51.9 Å². The van der Waals surface area contributed by atoms with Crippen LogP contribution in [-0.2, 0) is 37.8 Å². The van der Waals surface area contributed by atoms with E-state index in [1.54, 1.807) is 17.6 Å². The Bertz CT molecular complexity index is 1310. The van der Waals surface area contributed by atoms with Crippen molar-refractivity contribution < 1.29 is 19.1 Å². The van der Waals surface area contributed by atoms with Crippen molar-refractivity contribution in [3.63, 3.8) is 0 Å². The molecule has 0 spiro atoms. The fourth-order valence-corrected chi connectivity index (χ4v) is 4.53. The Hall–Kier alpha value is -3.48. The summed E-state index contributed by atoms with van der Waals surface area (Å²) in [6.45, 7) is 3.88. The van der Waals surface area contributed by atoms with Crippen LogP contribution in [0.2, 0.25) is 0 Å². The number of rotatable bonds is 4. The second-order valence-corrected chi connectivity index (χ2v) is 7.98. The van der Waals surface area contributed by atoms with Crippen molar-refractivity contribution in [2.24, 2.45) is 0 Å². The molecule has 7 heteroatoms. The number of carbonyl (C=O) groups is 2. The van der Waals surface area contributed by atoms with Gasteiger partial charge in [0, 0.05) is 22.9 Å². The third-order valence-corrected chi connectivity index (χ3v) is 6.13. The third kappa shape index (κ3) is 2.80. The number of fused-ring (bicyclic) bond motifs is 5. The van der Waals surface area contributed by atoms with E-state index in [1.165, 1.54) is 0 Å². The van der Waals surface area contributed by atoms with E-state index in [4.69, 9.17) is 14.5 Å². The Labute approximate surface area is 178 Å². The molecule has 2 aromatic heterocycles. The second kappa shape index (κ2) is 7.04. The summed E-state index contributed by atoms with van der Waals surface area (Å²) in [6.07, 6.45) is 0.956. The van der Waals surface area contributed by atoms with Crippen molar-refractivity contribution >= 4 is 22.8 Å². The zero-order valence-electron chi connectivity index (χ0n) is 17.4. The lowest BCUT2D eigenvalue weighted by Gasteiger charge is -2.35. The topological polar surface area (TPSA) is 87.5 Å². The molecule has 0 saturated carbocycles. The molecule has 158 valence electrons.